The molecule has 0 atom stereocenters. The number of aliphatic hydroxyl groups excluding tert-OH is 1. The van der Waals surface area contributed by atoms with Crippen LogP contribution in [-0.4, -0.2) is 88.9 Å². The van der Waals surface area contributed by atoms with Gasteiger partial charge in [-0.25, -0.2) is 9.37 Å². The number of hydrogen-bond donors (Lipinski definition) is 5. The molecule has 0 unspecified atom stereocenters. The molecule has 1 fully saturated rings. The fourth-order valence-electron chi connectivity index (χ4n) is 5.12. The Morgan fingerprint density at radius 1 is 1.13 bits per heavy atom. The normalized spacial score (nSPS) is 14.9. The van der Waals surface area contributed by atoms with Gasteiger partial charge in [-0.1, -0.05) is 6.07 Å². The molecule has 0 saturated carbocycles. The number of rotatable bonds is 10. The summed E-state index contributed by atoms with van der Waals surface area (Å²) in [6, 6.07) is 9.14. The Labute approximate surface area is 229 Å². The highest BCUT2D eigenvalue weighted by atomic mass is 32.2. The fraction of sp³-hybridized carbons (Fsp3) is 0.407. The lowest BCUT2D eigenvalue weighted by atomic mass is 10.1. The number of fused-ring (bicyclic) bond motifs is 1. The molecule has 1 saturated heterocycles. The van der Waals surface area contributed by atoms with Crippen molar-refractivity contribution in [2.75, 3.05) is 43.6 Å². The maximum atomic E-state index is 14.5. The summed E-state index contributed by atoms with van der Waals surface area (Å²) in [5.41, 5.74) is 3.65. The molecule has 5 N–H and O–H groups in total. The molecule has 0 aliphatic carbocycles. The van der Waals surface area contributed by atoms with Gasteiger partial charge >= 0.3 is 6.10 Å². The van der Waals surface area contributed by atoms with Gasteiger partial charge < -0.3 is 25.7 Å². The summed E-state index contributed by atoms with van der Waals surface area (Å²) in [6.07, 6.45) is 4.39. The zero-order valence-corrected chi connectivity index (χ0v) is 22.5. The number of thioether (sulfide) groups is 1. The summed E-state index contributed by atoms with van der Waals surface area (Å²) in [5.74, 6) is 1.87. The van der Waals surface area contributed by atoms with E-state index >= 15 is 0 Å². The lowest BCUT2D eigenvalue weighted by Gasteiger charge is -2.33. The van der Waals surface area contributed by atoms with Gasteiger partial charge in [-0.2, -0.15) is 21.5 Å². The molecule has 5 rings (SSSR count). The first-order chi connectivity index (χ1) is 18.8. The molecule has 39 heavy (non-hydrogen) atoms. The SMILES string of the molecule is CNc1ccc(-c2ccc3c(CCN(CCO)C4CCSCC4)cn(-c4cnn(C(O)(O)O)c4)c3n2)cc1F. The number of aliphatic hydroxyl groups is 4. The topological polar surface area (TPSA) is 132 Å². The molecular weight excluding hydrogens is 523 g/mol. The maximum absolute atomic E-state index is 14.5. The molecule has 0 spiro atoms. The molecule has 208 valence electrons. The molecular formula is C27H33FN6O4S. The van der Waals surface area contributed by atoms with E-state index in [1.54, 1.807) is 23.7 Å². The van der Waals surface area contributed by atoms with Crippen LogP contribution in [0, 0.1) is 5.82 Å². The number of pyridine rings is 1. The largest absolute Gasteiger partial charge is 0.395 e. The van der Waals surface area contributed by atoms with Crippen LogP contribution in [0.1, 0.15) is 18.4 Å². The van der Waals surface area contributed by atoms with Crippen molar-refractivity contribution in [3.63, 3.8) is 0 Å². The zero-order chi connectivity index (χ0) is 27.6. The predicted molar refractivity (Wildman–Crippen MR) is 149 cm³/mol. The Bertz CT molecular complexity index is 1430. The second kappa shape index (κ2) is 11.6. The summed E-state index contributed by atoms with van der Waals surface area (Å²) in [4.78, 5) is 7.21. The van der Waals surface area contributed by atoms with Crippen LogP contribution < -0.4 is 5.32 Å². The van der Waals surface area contributed by atoms with Crippen molar-refractivity contribution in [3.05, 3.63) is 60.3 Å². The van der Waals surface area contributed by atoms with Crippen LogP contribution >= 0.6 is 11.8 Å². The van der Waals surface area contributed by atoms with Crippen LogP contribution in [0.2, 0.25) is 0 Å². The molecule has 0 bridgehead atoms. The molecule has 10 nitrogen and oxygen atoms in total. The van der Waals surface area contributed by atoms with Crippen LogP contribution in [0.3, 0.4) is 0 Å². The second-order valence-corrected chi connectivity index (χ2v) is 10.9. The van der Waals surface area contributed by atoms with E-state index in [0.717, 1.165) is 41.8 Å². The predicted octanol–water partition coefficient (Wildman–Crippen LogP) is 2.35. The van der Waals surface area contributed by atoms with Gasteiger partial charge in [-0.15, -0.1) is 0 Å². The quantitative estimate of drug-likeness (QED) is 0.187. The standard InChI is InChI=1S/C27H33FN6O4S/c1-29-25-4-2-18(14-23(25)28)24-5-3-22-19(6-9-32(10-11-35)20-7-12-39-13-8-20)16-33(26(22)31-24)21-15-30-34(17-21)27(36,37)38/h2-5,14-17,20,29,35-38H,6-13H2,1H3. The minimum Gasteiger partial charge on any atom is -0.395 e. The van der Waals surface area contributed by atoms with E-state index in [0.29, 0.717) is 52.0 Å². The third-order valence-electron chi connectivity index (χ3n) is 7.19. The van der Waals surface area contributed by atoms with E-state index in [1.807, 2.05) is 30.1 Å². The van der Waals surface area contributed by atoms with Crippen LogP contribution in [0.4, 0.5) is 10.1 Å². The Kier molecular flexibility index (Phi) is 8.21. The van der Waals surface area contributed by atoms with Gasteiger partial charge in [0, 0.05) is 43.3 Å². The summed E-state index contributed by atoms with van der Waals surface area (Å²) in [6.45, 7) is 1.48. The number of nitrogens with one attached hydrogen (secondary N) is 1. The Balaban J connectivity index is 1.53. The molecule has 12 heteroatoms. The smallest absolute Gasteiger partial charge is 0.389 e. The third-order valence-corrected chi connectivity index (χ3v) is 8.23. The van der Waals surface area contributed by atoms with Gasteiger partial charge in [0.15, 0.2) is 0 Å². The van der Waals surface area contributed by atoms with Crippen LogP contribution in [0.25, 0.3) is 28.0 Å². The molecule has 1 aliphatic heterocycles. The number of halogens is 1. The van der Waals surface area contributed by atoms with E-state index in [1.165, 1.54) is 18.5 Å². The molecule has 1 aromatic carbocycles. The third kappa shape index (κ3) is 5.96. The molecule has 1 aliphatic rings. The second-order valence-electron chi connectivity index (χ2n) is 9.63. The Hall–Kier alpha value is -3.00. The summed E-state index contributed by atoms with van der Waals surface area (Å²) >= 11 is 1.97. The highest BCUT2D eigenvalue weighted by Gasteiger charge is 2.25. The summed E-state index contributed by atoms with van der Waals surface area (Å²) in [5, 5.41) is 46.0. The van der Waals surface area contributed by atoms with Crippen molar-refractivity contribution >= 4 is 28.5 Å². The van der Waals surface area contributed by atoms with E-state index in [2.05, 4.69) is 15.3 Å². The number of aromatic nitrogens is 4. The Morgan fingerprint density at radius 2 is 1.92 bits per heavy atom. The fourth-order valence-corrected chi connectivity index (χ4v) is 6.21. The molecule has 0 radical (unpaired) electrons. The van der Waals surface area contributed by atoms with Gasteiger partial charge in [-0.05, 0) is 60.6 Å². The van der Waals surface area contributed by atoms with Gasteiger partial charge in [0.2, 0.25) is 0 Å². The van der Waals surface area contributed by atoms with E-state index in [9.17, 15) is 24.8 Å². The average molecular weight is 557 g/mol. The first kappa shape index (κ1) is 27.6. The van der Waals surface area contributed by atoms with E-state index in [-0.39, 0.29) is 12.4 Å². The van der Waals surface area contributed by atoms with Gasteiger partial charge in [0.1, 0.15) is 11.5 Å². The monoisotopic (exact) mass is 556 g/mol. The summed E-state index contributed by atoms with van der Waals surface area (Å²) in [7, 11) is 1.66. The lowest BCUT2D eigenvalue weighted by Crippen LogP contribution is -2.40. The number of nitrogens with zero attached hydrogens (tertiary/aromatic N) is 5. The molecule has 4 heterocycles. The number of hydrogen-bond acceptors (Lipinski definition) is 9. The minimum atomic E-state index is -3.14. The molecule has 3 aromatic heterocycles. The highest BCUT2D eigenvalue weighted by Crippen LogP contribution is 2.30. The number of anilines is 1. The van der Waals surface area contributed by atoms with Crippen molar-refractivity contribution in [1.29, 1.82) is 0 Å². The van der Waals surface area contributed by atoms with E-state index in [4.69, 9.17) is 4.98 Å². The minimum absolute atomic E-state index is 0.101. The Morgan fingerprint density at radius 3 is 2.59 bits per heavy atom. The molecule has 0 amide bonds. The molecule has 4 aromatic rings. The summed E-state index contributed by atoms with van der Waals surface area (Å²) < 4.78 is 16.9. The van der Waals surface area contributed by atoms with Crippen LogP contribution in [0.15, 0.2) is 48.9 Å². The van der Waals surface area contributed by atoms with Gasteiger partial charge in [0.25, 0.3) is 0 Å². The van der Waals surface area contributed by atoms with Crippen LogP contribution in [-0.2, 0) is 12.5 Å². The average Bonchev–Trinajstić information content (AvgIpc) is 3.57. The van der Waals surface area contributed by atoms with E-state index < -0.39 is 6.10 Å². The number of benzene rings is 1. The first-order valence-corrected chi connectivity index (χ1v) is 14.1. The highest BCUT2D eigenvalue weighted by molar-refractivity contribution is 7.99. The van der Waals surface area contributed by atoms with Crippen LogP contribution in [0.5, 0.6) is 0 Å². The van der Waals surface area contributed by atoms with Crippen molar-refractivity contribution < 1.29 is 24.8 Å². The van der Waals surface area contributed by atoms with Gasteiger partial charge in [0.05, 0.1) is 36.1 Å². The van der Waals surface area contributed by atoms with Crippen molar-refractivity contribution in [2.24, 2.45) is 0 Å². The maximum Gasteiger partial charge on any atom is 0.389 e. The lowest BCUT2D eigenvalue weighted by molar-refractivity contribution is -0.380. The van der Waals surface area contributed by atoms with Gasteiger partial charge in [-0.3, -0.25) is 9.47 Å². The van der Waals surface area contributed by atoms with Crippen molar-refractivity contribution in [3.8, 4) is 16.9 Å². The van der Waals surface area contributed by atoms with Crippen molar-refractivity contribution in [2.45, 2.75) is 31.4 Å². The van der Waals surface area contributed by atoms with Crippen molar-refractivity contribution in [1.82, 2.24) is 24.2 Å². The zero-order valence-electron chi connectivity index (χ0n) is 21.7. The first-order valence-electron chi connectivity index (χ1n) is 12.9.